The summed E-state index contributed by atoms with van der Waals surface area (Å²) < 4.78 is 33.9. The third kappa shape index (κ3) is 4.16. The number of methoxy groups -OCH3 is 1. The van der Waals surface area contributed by atoms with Crippen LogP contribution in [-0.2, 0) is 16.8 Å². The van der Waals surface area contributed by atoms with Crippen LogP contribution in [0.5, 0.6) is 5.75 Å². The lowest BCUT2D eigenvalue weighted by molar-refractivity contribution is -0.0728. The number of hydrogen-bond donors (Lipinski definition) is 2. The molecule has 184 valence electrons. The van der Waals surface area contributed by atoms with Crippen molar-refractivity contribution in [3.63, 3.8) is 0 Å². The molecule has 2 aromatic rings. The number of carbonyl (C=O) groups is 2. The molecule has 1 aliphatic carbocycles. The number of pyridine rings is 1. The van der Waals surface area contributed by atoms with Crippen molar-refractivity contribution in [2.75, 3.05) is 13.7 Å². The second-order valence-electron chi connectivity index (χ2n) is 8.87. The fourth-order valence-corrected chi connectivity index (χ4v) is 4.58. The van der Waals surface area contributed by atoms with Crippen LogP contribution in [0.3, 0.4) is 0 Å². The summed E-state index contributed by atoms with van der Waals surface area (Å²) in [5.74, 6) is -3.72. The van der Waals surface area contributed by atoms with Gasteiger partial charge in [0.1, 0.15) is 17.2 Å². The molecule has 1 saturated carbocycles. The molecule has 1 aromatic heterocycles. The van der Waals surface area contributed by atoms with Crippen LogP contribution < -0.4 is 10.7 Å². The number of nitrogens with one attached hydrogen (secondary N) is 1. The Kier molecular flexibility index (Phi) is 7.05. The van der Waals surface area contributed by atoms with Crippen LogP contribution in [0.1, 0.15) is 53.1 Å². The van der Waals surface area contributed by atoms with E-state index in [0.29, 0.717) is 25.5 Å². The average molecular weight is 498 g/mol. The summed E-state index contributed by atoms with van der Waals surface area (Å²) in [6, 6.07) is 2.78. The van der Waals surface area contributed by atoms with E-state index in [1.807, 2.05) is 13.8 Å². The average Bonchev–Trinajstić information content (AvgIpc) is 2.73. The van der Waals surface area contributed by atoms with Crippen LogP contribution in [0.25, 0.3) is 0 Å². The molecule has 11 heteroatoms. The monoisotopic (exact) mass is 497 g/mol. The number of aromatic nitrogens is 1. The van der Waals surface area contributed by atoms with E-state index in [9.17, 15) is 28.3 Å². The first-order valence-corrected chi connectivity index (χ1v) is 10.6. The highest BCUT2D eigenvalue weighted by molar-refractivity contribution is 5.99. The first-order chi connectivity index (χ1) is 15.6. The van der Waals surface area contributed by atoms with E-state index < -0.39 is 40.2 Å². The minimum absolute atomic E-state index is 0. The summed E-state index contributed by atoms with van der Waals surface area (Å²) in [7, 11) is 1.59. The zero-order chi connectivity index (χ0) is 24.1. The fraction of sp³-hybridized carbons (Fsp3) is 0.435. The summed E-state index contributed by atoms with van der Waals surface area (Å²) in [5.41, 5.74) is -2.11. The quantitative estimate of drug-likeness (QED) is 0.661. The molecule has 1 aliphatic heterocycles. The number of aromatic hydroxyl groups is 1. The van der Waals surface area contributed by atoms with Gasteiger partial charge in [-0.05, 0) is 32.8 Å². The standard InChI is InChI=1S/C23H25F2N3O5.ClH/c1-12(2)27-11-23(7-15(8-23)33-3)28-10-16(19(29)20(30)18(28)22(27)32)21(31)26-9-13-4-5-14(24)6-17(13)25;/h4-6,10,12,15,30H,7-9,11H2,1-3H3,(H,26,31);1H/t15-,23-;. The number of amides is 2. The molecule has 1 fully saturated rings. The van der Waals surface area contributed by atoms with Crippen LogP contribution in [0.4, 0.5) is 8.78 Å². The lowest BCUT2D eigenvalue weighted by Crippen LogP contribution is -2.63. The molecular weight excluding hydrogens is 472 g/mol. The van der Waals surface area contributed by atoms with E-state index in [1.54, 1.807) is 12.0 Å². The van der Waals surface area contributed by atoms with Crippen molar-refractivity contribution < 1.29 is 28.2 Å². The van der Waals surface area contributed by atoms with Crippen molar-refractivity contribution in [1.82, 2.24) is 14.8 Å². The van der Waals surface area contributed by atoms with Crippen molar-refractivity contribution in [2.45, 2.75) is 50.9 Å². The topological polar surface area (TPSA) is 101 Å². The number of hydrogen-bond acceptors (Lipinski definition) is 5. The van der Waals surface area contributed by atoms with E-state index in [-0.39, 0.29) is 47.9 Å². The van der Waals surface area contributed by atoms with Gasteiger partial charge >= 0.3 is 0 Å². The summed E-state index contributed by atoms with van der Waals surface area (Å²) >= 11 is 0. The van der Waals surface area contributed by atoms with Gasteiger partial charge in [0, 0.05) is 44.1 Å². The summed E-state index contributed by atoms with van der Waals surface area (Å²) in [5, 5.41) is 13.1. The maximum atomic E-state index is 13.9. The largest absolute Gasteiger partial charge is 0.503 e. The van der Waals surface area contributed by atoms with Crippen molar-refractivity contribution >= 4 is 24.2 Å². The molecule has 2 amide bonds. The molecule has 0 atom stereocenters. The number of halogens is 3. The van der Waals surface area contributed by atoms with Crippen LogP contribution in [0.15, 0.2) is 29.2 Å². The normalized spacial score (nSPS) is 21.2. The van der Waals surface area contributed by atoms with Gasteiger partial charge in [-0.1, -0.05) is 6.07 Å². The van der Waals surface area contributed by atoms with Gasteiger partial charge in [-0.2, -0.15) is 0 Å². The molecule has 0 radical (unpaired) electrons. The Morgan fingerprint density at radius 3 is 2.56 bits per heavy atom. The molecule has 0 saturated heterocycles. The van der Waals surface area contributed by atoms with Gasteiger partial charge in [0.05, 0.1) is 11.6 Å². The summed E-state index contributed by atoms with van der Waals surface area (Å²) in [4.78, 5) is 40.3. The molecule has 8 nitrogen and oxygen atoms in total. The van der Waals surface area contributed by atoms with E-state index >= 15 is 0 Å². The first-order valence-electron chi connectivity index (χ1n) is 10.6. The van der Waals surface area contributed by atoms with Crippen molar-refractivity contribution in [3.8, 4) is 5.75 Å². The Morgan fingerprint density at radius 1 is 1.29 bits per heavy atom. The molecule has 0 bridgehead atoms. The number of benzene rings is 1. The predicted molar refractivity (Wildman–Crippen MR) is 121 cm³/mol. The smallest absolute Gasteiger partial charge is 0.274 e. The van der Waals surface area contributed by atoms with Gasteiger partial charge in [-0.3, -0.25) is 14.4 Å². The molecular formula is C23H26ClF2N3O5. The van der Waals surface area contributed by atoms with Gasteiger partial charge in [0.2, 0.25) is 5.43 Å². The van der Waals surface area contributed by atoms with Crippen LogP contribution in [0.2, 0.25) is 0 Å². The number of rotatable bonds is 5. The summed E-state index contributed by atoms with van der Waals surface area (Å²) in [6.45, 7) is 3.75. The second kappa shape index (κ2) is 9.34. The number of nitrogens with zero attached hydrogens (tertiary/aromatic N) is 2. The van der Waals surface area contributed by atoms with E-state index in [1.165, 1.54) is 16.8 Å². The Bertz CT molecular complexity index is 1190. The van der Waals surface area contributed by atoms with Crippen molar-refractivity contribution in [3.05, 3.63) is 63.1 Å². The van der Waals surface area contributed by atoms with E-state index in [0.717, 1.165) is 6.07 Å². The fourth-order valence-electron chi connectivity index (χ4n) is 4.58. The molecule has 2 N–H and O–H groups in total. The third-order valence-corrected chi connectivity index (χ3v) is 6.49. The Labute approximate surface area is 200 Å². The lowest BCUT2D eigenvalue weighted by Gasteiger charge is -2.54. The van der Waals surface area contributed by atoms with Crippen molar-refractivity contribution in [2.24, 2.45) is 0 Å². The lowest BCUT2D eigenvalue weighted by atomic mass is 9.71. The Morgan fingerprint density at radius 2 is 1.97 bits per heavy atom. The maximum absolute atomic E-state index is 13.9. The van der Waals surface area contributed by atoms with E-state index in [4.69, 9.17) is 4.74 Å². The predicted octanol–water partition coefficient (Wildman–Crippen LogP) is 2.55. The van der Waals surface area contributed by atoms with E-state index in [2.05, 4.69) is 5.32 Å². The summed E-state index contributed by atoms with van der Waals surface area (Å²) in [6.07, 6.45) is 2.31. The molecule has 0 unspecified atom stereocenters. The SMILES string of the molecule is CO[C@H]1C[C@@]2(CN(C(C)C)C(=O)c3c(O)c(=O)c(C(=O)NCc4ccc(F)cc4F)cn32)C1.Cl. The van der Waals surface area contributed by atoms with Gasteiger partial charge in [-0.15, -0.1) is 12.4 Å². The van der Waals surface area contributed by atoms with Gasteiger partial charge in [0.15, 0.2) is 11.4 Å². The first kappa shape index (κ1) is 25.6. The minimum atomic E-state index is -0.991. The Balaban J connectivity index is 0.00000324. The highest BCUT2D eigenvalue weighted by Gasteiger charge is 2.53. The molecule has 2 aliphatic rings. The zero-order valence-electron chi connectivity index (χ0n) is 18.9. The third-order valence-electron chi connectivity index (χ3n) is 6.49. The molecule has 1 spiro atoms. The van der Waals surface area contributed by atoms with Gasteiger partial charge < -0.3 is 24.6 Å². The molecule has 4 rings (SSSR count). The van der Waals surface area contributed by atoms with Crippen molar-refractivity contribution in [1.29, 1.82) is 0 Å². The molecule has 34 heavy (non-hydrogen) atoms. The van der Waals surface area contributed by atoms with Crippen LogP contribution >= 0.6 is 12.4 Å². The molecule has 2 heterocycles. The minimum Gasteiger partial charge on any atom is -0.503 e. The highest BCUT2D eigenvalue weighted by Crippen LogP contribution is 2.46. The van der Waals surface area contributed by atoms with Crippen LogP contribution in [-0.4, -0.2) is 52.2 Å². The number of carbonyl (C=O) groups excluding carboxylic acids is 2. The second-order valence-corrected chi connectivity index (χ2v) is 8.87. The maximum Gasteiger partial charge on any atom is 0.274 e. The molecule has 1 aromatic carbocycles. The van der Waals surface area contributed by atoms with Gasteiger partial charge in [-0.25, -0.2) is 8.78 Å². The Hall–Kier alpha value is -2.98. The highest BCUT2D eigenvalue weighted by atomic mass is 35.5. The van der Waals surface area contributed by atoms with Gasteiger partial charge in [0.25, 0.3) is 11.8 Å². The van der Waals surface area contributed by atoms with Crippen LogP contribution in [0, 0.1) is 11.6 Å². The number of ether oxygens (including phenoxy) is 1. The number of fused-ring (bicyclic) bond motifs is 2. The zero-order valence-corrected chi connectivity index (χ0v) is 19.7.